The van der Waals surface area contributed by atoms with Crippen molar-refractivity contribution in [1.82, 2.24) is 10.2 Å². The number of likely N-dealkylation sites (N-methyl/N-ethyl adjacent to an activating group) is 1. The number of nitrogens with one attached hydrogen (secondary N) is 1. The zero-order chi connectivity index (χ0) is 6.69. The molecule has 1 rings (SSSR count). The first-order valence-corrected chi connectivity index (χ1v) is 3.75. The molecule has 0 aliphatic carbocycles. The first-order chi connectivity index (χ1) is 4.33. The summed E-state index contributed by atoms with van der Waals surface area (Å²) in [5.41, 5.74) is 0. The van der Waals surface area contributed by atoms with Crippen LogP contribution in [0, 0.1) is 0 Å². The highest BCUT2D eigenvalue weighted by molar-refractivity contribution is 4.85. The first kappa shape index (κ1) is 7.03. The van der Waals surface area contributed by atoms with Crippen molar-refractivity contribution in [3.8, 4) is 0 Å². The maximum atomic E-state index is 3.28. The standard InChI is InChI=1S/C7H16N2/c1-3-4-9(2)6-7-5-8-7/h7-8H,3-6H2,1-2H3. The highest BCUT2D eigenvalue weighted by Gasteiger charge is 2.20. The van der Waals surface area contributed by atoms with E-state index in [9.17, 15) is 0 Å². The molecule has 1 heterocycles. The minimum atomic E-state index is 0.807. The lowest BCUT2D eigenvalue weighted by Gasteiger charge is -2.13. The quantitative estimate of drug-likeness (QED) is 0.551. The fourth-order valence-electron chi connectivity index (χ4n) is 1.06. The van der Waals surface area contributed by atoms with Crippen LogP contribution in [0.4, 0.5) is 0 Å². The second kappa shape index (κ2) is 3.18. The number of hydrogen-bond acceptors (Lipinski definition) is 2. The molecule has 1 atom stereocenters. The van der Waals surface area contributed by atoms with Crippen LogP contribution in [0.15, 0.2) is 0 Å². The third-order valence-electron chi connectivity index (χ3n) is 1.63. The van der Waals surface area contributed by atoms with Crippen molar-refractivity contribution in [2.24, 2.45) is 0 Å². The Bertz CT molecular complexity index is 79.0. The third-order valence-corrected chi connectivity index (χ3v) is 1.63. The summed E-state index contributed by atoms with van der Waals surface area (Å²) in [4.78, 5) is 2.38. The predicted octanol–water partition coefficient (Wildman–Crippen LogP) is 0.300. The van der Waals surface area contributed by atoms with E-state index in [0.717, 1.165) is 6.04 Å². The Kier molecular flexibility index (Phi) is 2.49. The summed E-state index contributed by atoms with van der Waals surface area (Å²) in [6.45, 7) is 5.91. The van der Waals surface area contributed by atoms with Gasteiger partial charge in [0, 0.05) is 19.1 Å². The summed E-state index contributed by atoms with van der Waals surface area (Å²) in [5.74, 6) is 0. The Hall–Kier alpha value is -0.0800. The SMILES string of the molecule is CCCN(C)CC1CN1. The molecular formula is C7H16N2. The van der Waals surface area contributed by atoms with Crippen molar-refractivity contribution < 1.29 is 0 Å². The van der Waals surface area contributed by atoms with Crippen molar-refractivity contribution in [2.45, 2.75) is 19.4 Å². The monoisotopic (exact) mass is 128 g/mol. The van der Waals surface area contributed by atoms with Gasteiger partial charge < -0.3 is 10.2 Å². The second-order valence-corrected chi connectivity index (χ2v) is 2.87. The first-order valence-electron chi connectivity index (χ1n) is 3.75. The van der Waals surface area contributed by atoms with E-state index in [1.54, 1.807) is 0 Å². The minimum Gasteiger partial charge on any atom is -0.310 e. The molecule has 1 N–H and O–H groups in total. The van der Waals surface area contributed by atoms with Gasteiger partial charge in [0.1, 0.15) is 0 Å². The van der Waals surface area contributed by atoms with Crippen molar-refractivity contribution in [1.29, 1.82) is 0 Å². The van der Waals surface area contributed by atoms with Crippen LogP contribution in [-0.4, -0.2) is 37.6 Å². The van der Waals surface area contributed by atoms with E-state index in [1.165, 1.54) is 26.1 Å². The average Bonchev–Trinajstić information content (AvgIpc) is 2.50. The van der Waals surface area contributed by atoms with Crippen LogP contribution < -0.4 is 5.32 Å². The van der Waals surface area contributed by atoms with Crippen LogP contribution in [0.25, 0.3) is 0 Å². The summed E-state index contributed by atoms with van der Waals surface area (Å²) in [6.07, 6.45) is 1.27. The van der Waals surface area contributed by atoms with E-state index < -0.39 is 0 Å². The van der Waals surface area contributed by atoms with Crippen LogP contribution in [-0.2, 0) is 0 Å². The van der Waals surface area contributed by atoms with Gasteiger partial charge in [-0.25, -0.2) is 0 Å². The molecule has 2 heteroatoms. The molecule has 9 heavy (non-hydrogen) atoms. The average molecular weight is 128 g/mol. The van der Waals surface area contributed by atoms with Gasteiger partial charge in [0.25, 0.3) is 0 Å². The van der Waals surface area contributed by atoms with Crippen molar-refractivity contribution >= 4 is 0 Å². The Balaban J connectivity index is 1.95. The zero-order valence-electron chi connectivity index (χ0n) is 6.35. The molecule has 0 saturated carbocycles. The van der Waals surface area contributed by atoms with E-state index in [2.05, 4.69) is 24.2 Å². The molecule has 54 valence electrons. The molecule has 2 nitrogen and oxygen atoms in total. The summed E-state index contributed by atoms with van der Waals surface area (Å²) in [6, 6.07) is 0.807. The third kappa shape index (κ3) is 2.82. The molecule has 0 aromatic heterocycles. The number of hydrogen-bond donors (Lipinski definition) is 1. The van der Waals surface area contributed by atoms with E-state index in [4.69, 9.17) is 0 Å². The summed E-state index contributed by atoms with van der Waals surface area (Å²) in [5, 5.41) is 3.28. The maximum Gasteiger partial charge on any atom is 0.0320 e. The summed E-state index contributed by atoms with van der Waals surface area (Å²) in [7, 11) is 2.18. The normalized spacial score (nSPS) is 25.0. The molecule has 1 unspecified atom stereocenters. The highest BCUT2D eigenvalue weighted by Crippen LogP contribution is 1.98. The lowest BCUT2D eigenvalue weighted by molar-refractivity contribution is 0.337. The smallest absolute Gasteiger partial charge is 0.0320 e. The van der Waals surface area contributed by atoms with Gasteiger partial charge in [-0.1, -0.05) is 6.92 Å². The summed E-state index contributed by atoms with van der Waals surface area (Å²) < 4.78 is 0. The van der Waals surface area contributed by atoms with Gasteiger partial charge in [-0.2, -0.15) is 0 Å². The molecule has 0 bridgehead atoms. The van der Waals surface area contributed by atoms with Gasteiger partial charge in [-0.15, -0.1) is 0 Å². The van der Waals surface area contributed by atoms with Gasteiger partial charge in [0.2, 0.25) is 0 Å². The fourth-order valence-corrected chi connectivity index (χ4v) is 1.06. The highest BCUT2D eigenvalue weighted by atomic mass is 15.2. The largest absolute Gasteiger partial charge is 0.310 e. The molecule has 1 fully saturated rings. The minimum absolute atomic E-state index is 0.807. The fraction of sp³-hybridized carbons (Fsp3) is 1.00. The molecule has 0 aromatic carbocycles. The molecule has 0 spiro atoms. The van der Waals surface area contributed by atoms with Crippen molar-refractivity contribution in [3.63, 3.8) is 0 Å². The molecule has 1 aliphatic rings. The summed E-state index contributed by atoms with van der Waals surface area (Å²) >= 11 is 0. The Morgan fingerprint density at radius 3 is 2.78 bits per heavy atom. The van der Waals surface area contributed by atoms with E-state index in [-0.39, 0.29) is 0 Å². The van der Waals surface area contributed by atoms with Gasteiger partial charge in [0.05, 0.1) is 0 Å². The van der Waals surface area contributed by atoms with Gasteiger partial charge in [-0.05, 0) is 20.0 Å². The van der Waals surface area contributed by atoms with Gasteiger partial charge >= 0.3 is 0 Å². The number of nitrogens with zero attached hydrogens (tertiary/aromatic N) is 1. The topological polar surface area (TPSA) is 25.2 Å². The van der Waals surface area contributed by atoms with Crippen LogP contribution in [0.3, 0.4) is 0 Å². The molecule has 0 radical (unpaired) electrons. The Labute approximate surface area is 57.2 Å². The van der Waals surface area contributed by atoms with E-state index in [1.807, 2.05) is 0 Å². The molecule has 1 aliphatic heterocycles. The second-order valence-electron chi connectivity index (χ2n) is 2.87. The zero-order valence-corrected chi connectivity index (χ0v) is 6.35. The van der Waals surface area contributed by atoms with Crippen molar-refractivity contribution in [2.75, 3.05) is 26.7 Å². The predicted molar refractivity (Wildman–Crippen MR) is 39.6 cm³/mol. The van der Waals surface area contributed by atoms with E-state index in [0.29, 0.717) is 0 Å². The molecule has 0 aromatic rings. The van der Waals surface area contributed by atoms with Crippen molar-refractivity contribution in [3.05, 3.63) is 0 Å². The van der Waals surface area contributed by atoms with Crippen LogP contribution in [0.2, 0.25) is 0 Å². The van der Waals surface area contributed by atoms with Gasteiger partial charge in [-0.3, -0.25) is 0 Å². The molecule has 1 saturated heterocycles. The lowest BCUT2D eigenvalue weighted by atomic mass is 10.4. The van der Waals surface area contributed by atoms with Crippen LogP contribution in [0.1, 0.15) is 13.3 Å². The molecular weight excluding hydrogens is 112 g/mol. The Morgan fingerprint density at radius 2 is 2.33 bits per heavy atom. The maximum absolute atomic E-state index is 3.28. The number of rotatable bonds is 4. The molecule has 0 amide bonds. The van der Waals surface area contributed by atoms with E-state index >= 15 is 0 Å². The van der Waals surface area contributed by atoms with Gasteiger partial charge in [0.15, 0.2) is 0 Å². The lowest BCUT2D eigenvalue weighted by Crippen LogP contribution is -2.24. The van der Waals surface area contributed by atoms with Crippen LogP contribution >= 0.6 is 0 Å². The Morgan fingerprint density at radius 1 is 1.67 bits per heavy atom. The van der Waals surface area contributed by atoms with Crippen LogP contribution in [0.5, 0.6) is 0 Å².